The Morgan fingerprint density at radius 1 is 0.347 bits per heavy atom. The largest absolute Gasteiger partial charge is 0.232 e. The fourth-order valence-electron chi connectivity index (χ4n) is 6.53. The van der Waals surface area contributed by atoms with Crippen molar-refractivity contribution in [3.63, 3.8) is 0 Å². The molecule has 0 fully saturated rings. The Hall–Kier alpha value is -6.65. The molecule has 0 amide bonds. The van der Waals surface area contributed by atoms with Gasteiger partial charge >= 0.3 is 0 Å². The summed E-state index contributed by atoms with van der Waals surface area (Å²) < 4.78 is 2.09. The van der Waals surface area contributed by atoms with E-state index in [9.17, 15) is 0 Å². The molecule has 0 saturated carbocycles. The van der Waals surface area contributed by atoms with E-state index in [1.54, 1.807) is 0 Å². The molecule has 3 heterocycles. The first-order valence-corrected chi connectivity index (χ1v) is 16.4. The van der Waals surface area contributed by atoms with Crippen molar-refractivity contribution < 1.29 is 0 Å². The van der Waals surface area contributed by atoms with E-state index >= 15 is 0 Å². The van der Waals surface area contributed by atoms with Crippen molar-refractivity contribution in [2.75, 3.05) is 0 Å². The van der Waals surface area contributed by atoms with Crippen LogP contribution in [0.15, 0.2) is 182 Å². The Bertz CT molecular complexity index is 2500. The lowest BCUT2D eigenvalue weighted by atomic mass is 9.98. The van der Waals surface area contributed by atoms with E-state index in [1.165, 1.54) is 5.39 Å². The van der Waals surface area contributed by atoms with E-state index in [4.69, 9.17) is 15.1 Å². The van der Waals surface area contributed by atoms with Gasteiger partial charge in [-0.2, -0.15) is 5.10 Å². The van der Waals surface area contributed by atoms with Crippen LogP contribution in [0.25, 0.3) is 83.8 Å². The van der Waals surface area contributed by atoms with Crippen molar-refractivity contribution in [2.24, 2.45) is 0 Å². The summed E-state index contributed by atoms with van der Waals surface area (Å²) in [7, 11) is 0. The maximum atomic E-state index is 5.09. The molecule has 9 rings (SSSR count). The van der Waals surface area contributed by atoms with E-state index in [1.807, 2.05) is 42.5 Å². The van der Waals surface area contributed by atoms with Crippen LogP contribution in [0.1, 0.15) is 0 Å². The molecule has 230 valence electrons. The summed E-state index contributed by atoms with van der Waals surface area (Å²) in [6, 6.07) is 63.3. The second-order valence-corrected chi connectivity index (χ2v) is 12.2. The lowest BCUT2D eigenvalue weighted by Crippen LogP contribution is -1.96. The highest BCUT2D eigenvalue weighted by Gasteiger charge is 2.15. The predicted octanol–water partition coefficient (Wildman–Crippen LogP) is 11.3. The molecule has 0 saturated heterocycles. The van der Waals surface area contributed by atoms with Gasteiger partial charge in [-0.25, -0.2) is 14.5 Å². The van der Waals surface area contributed by atoms with Crippen LogP contribution >= 0.6 is 0 Å². The van der Waals surface area contributed by atoms with Gasteiger partial charge in [0.15, 0.2) is 5.82 Å². The molecule has 0 aliphatic rings. The Morgan fingerprint density at radius 3 is 1.45 bits per heavy atom. The van der Waals surface area contributed by atoms with Gasteiger partial charge in [0, 0.05) is 33.2 Å². The number of pyridine rings is 1. The second kappa shape index (κ2) is 12.2. The number of rotatable bonds is 6. The molecule has 4 nitrogen and oxygen atoms in total. The third-order valence-electron chi connectivity index (χ3n) is 9.04. The van der Waals surface area contributed by atoms with E-state index < -0.39 is 0 Å². The second-order valence-electron chi connectivity index (χ2n) is 12.2. The van der Waals surface area contributed by atoms with Crippen LogP contribution in [-0.2, 0) is 0 Å². The van der Waals surface area contributed by atoms with Gasteiger partial charge in [-0.05, 0) is 40.8 Å². The molecule has 6 aromatic carbocycles. The Morgan fingerprint density at radius 2 is 0.837 bits per heavy atom. The molecule has 0 atom stereocenters. The molecule has 4 heteroatoms. The SMILES string of the molecule is c1ccc(-c2cc(-c3ccc(-c4ccc5c(c4)cc(-c4ccccc4)n4nc(-c6ccccc6)cc54)cc3)nc(-c3ccccc3)n2)cc1. The highest BCUT2D eigenvalue weighted by molar-refractivity contribution is 6.01. The third-order valence-corrected chi connectivity index (χ3v) is 9.04. The van der Waals surface area contributed by atoms with E-state index in [0.29, 0.717) is 5.82 Å². The van der Waals surface area contributed by atoms with Gasteiger partial charge in [-0.15, -0.1) is 0 Å². The van der Waals surface area contributed by atoms with Crippen LogP contribution < -0.4 is 0 Å². The standard InChI is InChI=1S/C45H30N4/c1-5-13-32(14-6-1)40-29-41(47-45(46-40)36-19-11-4-12-20-36)34-23-21-31(22-24-34)37-25-26-39-38(27-37)28-43(35-17-9-3-10-18-35)49-44(39)30-42(48-49)33-15-7-2-8-16-33/h1-30H. The molecule has 49 heavy (non-hydrogen) atoms. The molecule has 3 aromatic heterocycles. The number of nitrogens with zero attached hydrogens (tertiary/aromatic N) is 4. The fraction of sp³-hybridized carbons (Fsp3) is 0. The highest BCUT2D eigenvalue weighted by Crippen LogP contribution is 2.35. The van der Waals surface area contributed by atoms with Gasteiger partial charge in [0.1, 0.15) is 0 Å². The van der Waals surface area contributed by atoms with Crippen molar-refractivity contribution in [1.29, 1.82) is 0 Å². The summed E-state index contributed by atoms with van der Waals surface area (Å²) in [6.45, 7) is 0. The summed E-state index contributed by atoms with van der Waals surface area (Å²) >= 11 is 0. The minimum atomic E-state index is 0.714. The third kappa shape index (κ3) is 5.45. The molecule has 0 aliphatic carbocycles. The quantitative estimate of drug-likeness (QED) is 0.184. The van der Waals surface area contributed by atoms with Gasteiger partial charge in [0.25, 0.3) is 0 Å². The first-order valence-electron chi connectivity index (χ1n) is 16.4. The molecule has 0 N–H and O–H groups in total. The zero-order valence-corrected chi connectivity index (χ0v) is 26.6. The minimum Gasteiger partial charge on any atom is -0.232 e. The minimum absolute atomic E-state index is 0.714. The number of hydrogen-bond donors (Lipinski definition) is 0. The first kappa shape index (κ1) is 28.6. The Labute approximate surface area is 284 Å². The topological polar surface area (TPSA) is 43.1 Å². The molecule has 0 unspecified atom stereocenters. The van der Waals surface area contributed by atoms with Gasteiger partial charge < -0.3 is 0 Å². The van der Waals surface area contributed by atoms with E-state index in [-0.39, 0.29) is 0 Å². The Balaban J connectivity index is 1.13. The maximum absolute atomic E-state index is 5.09. The van der Waals surface area contributed by atoms with Crippen LogP contribution in [0.4, 0.5) is 0 Å². The Kier molecular flexibility index (Phi) is 7.10. The maximum Gasteiger partial charge on any atom is 0.160 e. The van der Waals surface area contributed by atoms with Gasteiger partial charge in [-0.1, -0.05) is 158 Å². The van der Waals surface area contributed by atoms with E-state index in [2.05, 4.69) is 144 Å². The van der Waals surface area contributed by atoms with Crippen molar-refractivity contribution in [3.8, 4) is 67.5 Å². The smallest absolute Gasteiger partial charge is 0.160 e. The molecule has 0 radical (unpaired) electrons. The number of fused-ring (bicyclic) bond motifs is 3. The van der Waals surface area contributed by atoms with E-state index in [0.717, 1.165) is 72.6 Å². The fourth-order valence-corrected chi connectivity index (χ4v) is 6.53. The van der Waals surface area contributed by atoms with Crippen LogP contribution in [0.5, 0.6) is 0 Å². The molecule has 0 spiro atoms. The normalized spacial score (nSPS) is 11.3. The summed E-state index contributed by atoms with van der Waals surface area (Å²) in [4.78, 5) is 9.96. The van der Waals surface area contributed by atoms with Crippen LogP contribution in [0.3, 0.4) is 0 Å². The molecule has 0 aliphatic heterocycles. The summed E-state index contributed by atoms with van der Waals surface area (Å²) in [5.41, 5.74) is 12.5. The van der Waals surface area contributed by atoms with Crippen molar-refractivity contribution in [1.82, 2.24) is 19.6 Å². The predicted molar refractivity (Wildman–Crippen MR) is 201 cm³/mol. The number of benzene rings is 6. The molecular weight excluding hydrogens is 597 g/mol. The van der Waals surface area contributed by atoms with Crippen LogP contribution in [0, 0.1) is 0 Å². The average molecular weight is 627 g/mol. The highest BCUT2D eigenvalue weighted by atomic mass is 15.2. The monoisotopic (exact) mass is 626 g/mol. The zero-order valence-electron chi connectivity index (χ0n) is 26.6. The van der Waals surface area contributed by atoms with Gasteiger partial charge in [0.2, 0.25) is 0 Å². The molecule has 9 aromatic rings. The van der Waals surface area contributed by atoms with Crippen molar-refractivity contribution in [2.45, 2.75) is 0 Å². The first-order chi connectivity index (χ1) is 24.3. The summed E-state index contributed by atoms with van der Waals surface area (Å²) in [5.74, 6) is 0.714. The van der Waals surface area contributed by atoms with Crippen LogP contribution in [-0.4, -0.2) is 19.6 Å². The summed E-state index contributed by atoms with van der Waals surface area (Å²) in [6.07, 6.45) is 0. The number of aromatic nitrogens is 4. The molecule has 0 bridgehead atoms. The lowest BCUT2D eigenvalue weighted by molar-refractivity contribution is 0.979. The average Bonchev–Trinajstić information content (AvgIpc) is 3.65. The lowest BCUT2D eigenvalue weighted by Gasteiger charge is -2.12. The zero-order chi connectivity index (χ0) is 32.6. The van der Waals surface area contributed by atoms with Crippen LogP contribution in [0.2, 0.25) is 0 Å². The molecular formula is C45H30N4. The number of hydrogen-bond acceptors (Lipinski definition) is 3. The van der Waals surface area contributed by atoms with Gasteiger partial charge in [-0.3, -0.25) is 0 Å². The summed E-state index contributed by atoms with van der Waals surface area (Å²) in [5, 5.41) is 7.42. The van der Waals surface area contributed by atoms with Crippen molar-refractivity contribution >= 4 is 16.3 Å². The van der Waals surface area contributed by atoms with Crippen molar-refractivity contribution in [3.05, 3.63) is 182 Å². The van der Waals surface area contributed by atoms with Gasteiger partial charge in [0.05, 0.1) is 28.3 Å².